The number of anilines is 2. The van der Waals surface area contributed by atoms with Gasteiger partial charge in [0.2, 0.25) is 10.0 Å². The topological polar surface area (TPSA) is 115 Å². The van der Waals surface area contributed by atoms with E-state index in [0.29, 0.717) is 56.6 Å². The first kappa shape index (κ1) is 25.2. The summed E-state index contributed by atoms with van der Waals surface area (Å²) in [6, 6.07) is 14.2. The highest BCUT2D eigenvalue weighted by Gasteiger charge is 2.29. The summed E-state index contributed by atoms with van der Waals surface area (Å²) in [5, 5.41) is 7.33. The lowest BCUT2D eigenvalue weighted by molar-refractivity contribution is 0.0730. The Morgan fingerprint density at radius 1 is 0.973 bits per heavy atom. The van der Waals surface area contributed by atoms with Gasteiger partial charge in [-0.25, -0.2) is 13.1 Å². The molecule has 2 fully saturated rings. The van der Waals surface area contributed by atoms with Gasteiger partial charge in [-0.1, -0.05) is 18.2 Å². The number of rotatable bonds is 7. The van der Waals surface area contributed by atoms with Crippen LogP contribution in [0.5, 0.6) is 5.75 Å². The molecule has 12 heteroatoms. The molecule has 1 aromatic heterocycles. The molecular weight excluding hydrogens is 498 g/mol. The van der Waals surface area contributed by atoms with E-state index in [1.54, 1.807) is 23.0 Å². The quantitative estimate of drug-likeness (QED) is 0.496. The summed E-state index contributed by atoms with van der Waals surface area (Å²) in [5.41, 5.74) is 1.93. The number of nitrogens with zero attached hydrogens (tertiary/aromatic N) is 4. The molecule has 0 radical (unpaired) electrons. The zero-order valence-corrected chi connectivity index (χ0v) is 21.3. The van der Waals surface area contributed by atoms with E-state index in [9.17, 15) is 13.2 Å². The molecule has 0 bridgehead atoms. The summed E-state index contributed by atoms with van der Waals surface area (Å²) in [6.07, 6.45) is 1.63. The van der Waals surface area contributed by atoms with Gasteiger partial charge in [-0.2, -0.15) is 9.40 Å². The number of ether oxygens (including phenoxy) is 3. The number of amides is 1. The van der Waals surface area contributed by atoms with E-state index < -0.39 is 15.9 Å². The van der Waals surface area contributed by atoms with Crippen molar-refractivity contribution in [2.45, 2.75) is 4.90 Å². The molecule has 0 saturated carbocycles. The smallest absolute Gasteiger partial charge is 0.280 e. The fraction of sp³-hybridized carbons (Fsp3) is 0.360. The maximum atomic E-state index is 13.4. The molecule has 37 heavy (non-hydrogen) atoms. The first-order valence-corrected chi connectivity index (χ1v) is 13.5. The van der Waals surface area contributed by atoms with Gasteiger partial charge >= 0.3 is 0 Å². The second-order valence-electron chi connectivity index (χ2n) is 8.58. The maximum Gasteiger partial charge on any atom is 0.280 e. The van der Waals surface area contributed by atoms with E-state index in [-0.39, 0.29) is 23.7 Å². The second kappa shape index (κ2) is 10.9. The molecule has 0 spiro atoms. The molecule has 2 saturated heterocycles. The van der Waals surface area contributed by atoms with Crippen molar-refractivity contribution in [3.63, 3.8) is 0 Å². The molecule has 1 N–H and O–H groups in total. The molecular formula is C25H29N5O6S. The number of para-hydroxylation sites is 1. The molecule has 3 heterocycles. The summed E-state index contributed by atoms with van der Waals surface area (Å²) in [6.45, 7) is 3.56. The van der Waals surface area contributed by atoms with E-state index in [2.05, 4.69) is 15.3 Å². The Kier molecular flexibility index (Phi) is 7.42. The first-order chi connectivity index (χ1) is 18.0. The van der Waals surface area contributed by atoms with Crippen LogP contribution in [0.15, 0.2) is 59.6 Å². The Hall–Kier alpha value is -3.45. The maximum absolute atomic E-state index is 13.4. The number of hydrogen-bond donors (Lipinski definition) is 1. The molecule has 11 nitrogen and oxygen atoms in total. The Morgan fingerprint density at radius 2 is 1.65 bits per heavy atom. The van der Waals surface area contributed by atoms with Crippen LogP contribution in [0, 0.1) is 0 Å². The highest BCUT2D eigenvalue weighted by atomic mass is 32.2. The highest BCUT2D eigenvalue weighted by molar-refractivity contribution is 7.89. The van der Waals surface area contributed by atoms with Crippen LogP contribution in [0.25, 0.3) is 5.69 Å². The van der Waals surface area contributed by atoms with Gasteiger partial charge in [-0.05, 0) is 30.3 Å². The molecule has 5 rings (SSSR count). The van der Waals surface area contributed by atoms with Crippen molar-refractivity contribution in [1.29, 1.82) is 0 Å². The minimum Gasteiger partial charge on any atom is -0.493 e. The van der Waals surface area contributed by atoms with Crippen LogP contribution in [0.4, 0.5) is 11.4 Å². The van der Waals surface area contributed by atoms with Crippen molar-refractivity contribution in [3.8, 4) is 11.4 Å². The number of carbonyl (C=O) groups excluding carboxylic acids is 1. The van der Waals surface area contributed by atoms with Crippen LogP contribution >= 0.6 is 0 Å². The van der Waals surface area contributed by atoms with Crippen molar-refractivity contribution in [3.05, 3.63) is 60.4 Å². The molecule has 2 aliphatic heterocycles. The Morgan fingerprint density at radius 3 is 2.32 bits per heavy atom. The zero-order chi connectivity index (χ0) is 25.8. The molecule has 0 atom stereocenters. The largest absolute Gasteiger partial charge is 0.493 e. The monoisotopic (exact) mass is 527 g/mol. The third-order valence-electron chi connectivity index (χ3n) is 6.31. The van der Waals surface area contributed by atoms with E-state index in [0.717, 1.165) is 5.69 Å². The molecule has 2 aromatic carbocycles. The number of methoxy groups -OCH3 is 1. The van der Waals surface area contributed by atoms with Crippen LogP contribution in [0.3, 0.4) is 0 Å². The Balaban J connectivity index is 1.49. The van der Waals surface area contributed by atoms with Crippen molar-refractivity contribution in [2.75, 3.05) is 69.9 Å². The van der Waals surface area contributed by atoms with Crippen molar-refractivity contribution < 1.29 is 27.4 Å². The van der Waals surface area contributed by atoms with E-state index in [1.165, 1.54) is 17.5 Å². The summed E-state index contributed by atoms with van der Waals surface area (Å²) in [5.74, 6) is -0.215. The van der Waals surface area contributed by atoms with Gasteiger partial charge in [-0.3, -0.25) is 4.79 Å². The molecule has 1 amide bonds. The van der Waals surface area contributed by atoms with Gasteiger partial charge in [0.25, 0.3) is 5.91 Å². The molecule has 2 aliphatic rings. The lowest BCUT2D eigenvalue weighted by Crippen LogP contribution is -2.40. The van der Waals surface area contributed by atoms with Crippen molar-refractivity contribution >= 4 is 27.3 Å². The number of hydrogen-bond acceptors (Lipinski definition) is 8. The van der Waals surface area contributed by atoms with Crippen LogP contribution in [0.1, 0.15) is 10.5 Å². The summed E-state index contributed by atoms with van der Waals surface area (Å²) < 4.78 is 45.8. The highest BCUT2D eigenvalue weighted by Crippen LogP contribution is 2.32. The Labute approximate surface area is 215 Å². The third kappa shape index (κ3) is 5.32. The number of morpholine rings is 2. The zero-order valence-electron chi connectivity index (χ0n) is 20.5. The number of nitrogens with one attached hydrogen (secondary N) is 1. The number of aromatic nitrogens is 2. The van der Waals surface area contributed by atoms with Gasteiger partial charge in [0.1, 0.15) is 0 Å². The normalized spacial score (nSPS) is 16.9. The van der Waals surface area contributed by atoms with Gasteiger partial charge in [0.15, 0.2) is 11.4 Å². The standard InChI is InChI=1S/C25H29N5O6S/c1-34-23-18-30(19-5-3-2-4-6-19)27-24(23)25(31)26-21-17-20(37(32,33)29-11-15-36-16-12-29)7-8-22(21)28-9-13-35-14-10-28/h2-8,17-18H,9-16H2,1H3,(H,26,31). The predicted molar refractivity (Wildman–Crippen MR) is 137 cm³/mol. The Bertz CT molecular complexity index is 1350. The molecule has 0 unspecified atom stereocenters. The second-order valence-corrected chi connectivity index (χ2v) is 10.5. The van der Waals surface area contributed by atoms with Crippen LogP contribution in [-0.2, 0) is 19.5 Å². The van der Waals surface area contributed by atoms with Crippen molar-refractivity contribution in [2.24, 2.45) is 0 Å². The SMILES string of the molecule is COc1cn(-c2ccccc2)nc1C(=O)Nc1cc(S(=O)(=O)N2CCOCC2)ccc1N1CCOCC1. The number of benzene rings is 2. The minimum absolute atomic E-state index is 0.0840. The average molecular weight is 528 g/mol. The lowest BCUT2D eigenvalue weighted by atomic mass is 10.2. The van der Waals surface area contributed by atoms with Crippen LogP contribution < -0.4 is 15.0 Å². The minimum atomic E-state index is -3.76. The average Bonchev–Trinajstić information content (AvgIpc) is 3.39. The lowest BCUT2D eigenvalue weighted by Gasteiger charge is -2.31. The summed E-state index contributed by atoms with van der Waals surface area (Å²) in [7, 11) is -2.29. The van der Waals surface area contributed by atoms with E-state index in [1.807, 2.05) is 30.3 Å². The van der Waals surface area contributed by atoms with E-state index >= 15 is 0 Å². The van der Waals surface area contributed by atoms with Crippen LogP contribution in [-0.4, -0.2) is 88.1 Å². The first-order valence-electron chi connectivity index (χ1n) is 12.0. The molecule has 3 aromatic rings. The number of sulfonamides is 1. The van der Waals surface area contributed by atoms with E-state index in [4.69, 9.17) is 14.2 Å². The van der Waals surface area contributed by atoms with Crippen LogP contribution in [0.2, 0.25) is 0 Å². The predicted octanol–water partition coefficient (Wildman–Crippen LogP) is 1.99. The summed E-state index contributed by atoms with van der Waals surface area (Å²) in [4.78, 5) is 15.6. The number of carbonyl (C=O) groups is 1. The van der Waals surface area contributed by atoms with Crippen molar-refractivity contribution in [1.82, 2.24) is 14.1 Å². The van der Waals surface area contributed by atoms with Gasteiger partial charge in [-0.15, -0.1) is 0 Å². The van der Waals surface area contributed by atoms with Gasteiger partial charge in [0.05, 0.1) is 61.7 Å². The molecule has 196 valence electrons. The summed E-state index contributed by atoms with van der Waals surface area (Å²) >= 11 is 0. The molecule has 0 aliphatic carbocycles. The fourth-order valence-electron chi connectivity index (χ4n) is 4.35. The third-order valence-corrected chi connectivity index (χ3v) is 8.21. The van der Waals surface area contributed by atoms with Gasteiger partial charge < -0.3 is 24.4 Å². The van der Waals surface area contributed by atoms with Gasteiger partial charge in [0, 0.05) is 26.2 Å². The fourth-order valence-corrected chi connectivity index (χ4v) is 5.79.